The number of rotatable bonds is 19. The third-order valence-electron chi connectivity index (χ3n) is 17.0. The summed E-state index contributed by atoms with van der Waals surface area (Å²) < 4.78 is 4.27. The Balaban J connectivity index is 0.673. The molecule has 444 valence electrons. The van der Waals surface area contributed by atoms with Crippen LogP contribution in [0.25, 0.3) is 43.9 Å². The minimum atomic E-state index is -0.922. The van der Waals surface area contributed by atoms with Crippen LogP contribution in [0, 0.1) is 29.6 Å². The molecule has 3 aromatic heterocycles. The van der Waals surface area contributed by atoms with E-state index in [4.69, 9.17) is 4.98 Å². The zero-order chi connectivity index (χ0) is 59.6. The van der Waals surface area contributed by atoms with Crippen LogP contribution in [0.5, 0.6) is 0 Å². The van der Waals surface area contributed by atoms with Crippen LogP contribution in [0.2, 0.25) is 0 Å². The molecule has 0 radical (unpaired) electrons. The maximum absolute atomic E-state index is 14.2. The Hall–Kier alpha value is -7.75. The van der Waals surface area contributed by atoms with Gasteiger partial charge in [0.1, 0.15) is 23.2 Å². The third kappa shape index (κ3) is 14.7. The Kier molecular flexibility index (Phi) is 19.5. The number of nitrogens with one attached hydrogen (secondary N) is 3. The SMILES string of the molecule is Cc1ncsc1-c1ccc(CNC(=O)[C@@H]2C[C@@H](O)CN2C(=O)[C@@H](NC(=O)CCCCC(=O)N2CCN(CCCC#Cc3cccc(Cn4c(-c5ccccc5)c(-c5ccccc5)c5c(=N)n(C6CCC(O)CC6)cnc54)c3)CC2)C(C)(C)C)cc1. The maximum atomic E-state index is 14.2. The fourth-order valence-electron chi connectivity index (χ4n) is 12.3. The van der Waals surface area contributed by atoms with E-state index in [1.54, 1.807) is 11.3 Å². The van der Waals surface area contributed by atoms with E-state index in [0.29, 0.717) is 44.4 Å². The summed E-state index contributed by atoms with van der Waals surface area (Å²) in [5, 5.41) is 37.4. The summed E-state index contributed by atoms with van der Waals surface area (Å²) in [5.41, 5.74) is 11.4. The fraction of sp³-hybridized carbons (Fsp3) is 0.426. The van der Waals surface area contributed by atoms with Crippen molar-refractivity contribution in [2.45, 2.75) is 142 Å². The molecule has 4 aromatic carbocycles. The van der Waals surface area contributed by atoms with Crippen molar-refractivity contribution in [2.75, 3.05) is 39.3 Å². The molecule has 85 heavy (non-hydrogen) atoms. The molecule has 7 aromatic rings. The van der Waals surface area contributed by atoms with Gasteiger partial charge >= 0.3 is 0 Å². The van der Waals surface area contributed by atoms with Crippen molar-refractivity contribution < 1.29 is 29.4 Å². The quantitative estimate of drug-likeness (QED) is 0.0387. The number of aryl methyl sites for hydroxylation is 1. The van der Waals surface area contributed by atoms with Crippen LogP contribution >= 0.6 is 11.3 Å². The lowest BCUT2D eigenvalue weighted by Crippen LogP contribution is -2.57. The summed E-state index contributed by atoms with van der Waals surface area (Å²) in [5.74, 6) is 5.86. The number of hydrogen-bond acceptors (Lipinski definition) is 11. The number of unbranched alkanes of at least 4 members (excludes halogenated alkanes) is 2. The van der Waals surface area contributed by atoms with Crippen molar-refractivity contribution >= 4 is 46.0 Å². The summed E-state index contributed by atoms with van der Waals surface area (Å²) >= 11 is 1.58. The standard InChI is InChI=1S/C68H80N10O6S/c1-46-62(85-45-72-46)52-28-26-48(27-29-52)41-70-66(83)56-40-55(80)43-76(56)67(84)63(68(2,3)4)73-57(81)24-13-14-25-58(82)75-37-35-74(36-38-75)34-15-7-8-17-47-18-16-19-49(39-47)42-77-61(51-22-11-6-12-23-51)59(50-20-9-5-10-21-50)60-64(69)78(44-71-65(60)77)53-30-32-54(79)33-31-53/h5-6,9-12,16,18-23,26-29,39,44-45,53-56,63,69,79-80H,7,13-15,24-25,30-38,40-43H2,1-4H3,(H,70,83)(H,73,81)/t53?,54?,55-,56+,63-/m1/s1. The molecule has 5 N–H and O–H groups in total. The van der Waals surface area contributed by atoms with E-state index >= 15 is 0 Å². The predicted octanol–water partition coefficient (Wildman–Crippen LogP) is 9.25. The van der Waals surface area contributed by atoms with Crippen molar-refractivity contribution in [3.63, 3.8) is 0 Å². The number of aliphatic hydroxyl groups is 2. The molecule has 0 unspecified atom stereocenters. The minimum absolute atomic E-state index is 0.00267. The Labute approximate surface area is 502 Å². The van der Waals surface area contributed by atoms with E-state index < -0.39 is 29.5 Å². The minimum Gasteiger partial charge on any atom is -0.393 e. The molecular weight excluding hydrogens is 1080 g/mol. The number of benzene rings is 4. The van der Waals surface area contributed by atoms with Gasteiger partial charge in [-0.2, -0.15) is 0 Å². The molecule has 3 atom stereocenters. The number of likely N-dealkylation sites (tertiary alicyclic amines) is 1. The van der Waals surface area contributed by atoms with E-state index in [1.807, 2.05) is 104 Å². The van der Waals surface area contributed by atoms with Gasteiger partial charge in [0, 0.05) is 88.7 Å². The van der Waals surface area contributed by atoms with E-state index in [0.717, 1.165) is 124 Å². The summed E-state index contributed by atoms with van der Waals surface area (Å²) in [7, 11) is 0. The number of amides is 4. The predicted molar refractivity (Wildman–Crippen MR) is 333 cm³/mol. The highest BCUT2D eigenvalue weighted by Gasteiger charge is 2.44. The molecule has 2 aliphatic heterocycles. The zero-order valence-corrected chi connectivity index (χ0v) is 50.3. The number of carbonyl (C=O) groups excluding carboxylic acids is 4. The smallest absolute Gasteiger partial charge is 0.246 e. The van der Waals surface area contributed by atoms with Crippen LogP contribution in [0.4, 0.5) is 0 Å². The van der Waals surface area contributed by atoms with Gasteiger partial charge in [-0.15, -0.1) is 11.3 Å². The fourth-order valence-corrected chi connectivity index (χ4v) is 13.1. The van der Waals surface area contributed by atoms with Gasteiger partial charge in [-0.25, -0.2) is 9.97 Å². The van der Waals surface area contributed by atoms with E-state index in [1.165, 1.54) is 4.90 Å². The largest absolute Gasteiger partial charge is 0.393 e. The third-order valence-corrected chi connectivity index (χ3v) is 17.9. The van der Waals surface area contributed by atoms with Gasteiger partial charge in [0.15, 0.2) is 0 Å². The number of thiazole rings is 1. The molecule has 3 aliphatic rings. The lowest BCUT2D eigenvalue weighted by Gasteiger charge is -2.35. The number of piperazine rings is 1. The van der Waals surface area contributed by atoms with Gasteiger partial charge in [-0.05, 0) is 104 Å². The summed E-state index contributed by atoms with van der Waals surface area (Å²) in [6.07, 6.45) is 7.00. The average molecular weight is 1170 g/mol. The Morgan fingerprint density at radius 3 is 2.19 bits per heavy atom. The van der Waals surface area contributed by atoms with Crippen molar-refractivity contribution in [2.24, 2.45) is 5.41 Å². The second-order valence-electron chi connectivity index (χ2n) is 24.2. The van der Waals surface area contributed by atoms with Gasteiger partial charge in [-0.1, -0.05) is 130 Å². The molecule has 1 saturated carbocycles. The van der Waals surface area contributed by atoms with E-state index in [9.17, 15) is 34.8 Å². The normalized spacial score (nSPS) is 18.7. The van der Waals surface area contributed by atoms with Gasteiger partial charge < -0.3 is 39.8 Å². The molecule has 10 rings (SSSR count). The molecule has 0 bridgehead atoms. The monoisotopic (exact) mass is 1160 g/mol. The molecule has 16 nitrogen and oxygen atoms in total. The average Bonchev–Trinajstić information content (AvgIpc) is 1.73. The first-order valence-corrected chi connectivity index (χ1v) is 31.1. The number of aromatic nitrogens is 4. The maximum Gasteiger partial charge on any atom is 0.246 e. The Morgan fingerprint density at radius 2 is 1.49 bits per heavy atom. The van der Waals surface area contributed by atoms with E-state index in [2.05, 4.69) is 91.5 Å². The first kappa shape index (κ1) is 60.4. The first-order chi connectivity index (χ1) is 41.1. The number of hydrogen-bond donors (Lipinski definition) is 5. The van der Waals surface area contributed by atoms with Crippen molar-refractivity contribution in [1.82, 2.24) is 44.4 Å². The van der Waals surface area contributed by atoms with Crippen molar-refractivity contribution in [3.8, 4) is 44.7 Å². The molecule has 0 spiro atoms. The van der Waals surface area contributed by atoms with Gasteiger partial charge in [0.25, 0.3) is 0 Å². The van der Waals surface area contributed by atoms with Crippen LogP contribution in [0.1, 0.15) is 120 Å². The Morgan fingerprint density at radius 1 is 0.788 bits per heavy atom. The molecule has 3 fully saturated rings. The summed E-state index contributed by atoms with van der Waals surface area (Å²) in [6.45, 7) is 12.1. The zero-order valence-electron chi connectivity index (χ0n) is 49.4. The van der Waals surface area contributed by atoms with Crippen molar-refractivity contribution in [1.29, 1.82) is 5.41 Å². The van der Waals surface area contributed by atoms with Crippen LogP contribution in [0.3, 0.4) is 0 Å². The van der Waals surface area contributed by atoms with Crippen LogP contribution < -0.4 is 16.1 Å². The number of nitrogens with zero attached hydrogens (tertiary/aromatic N) is 7. The topological polar surface area (TPSA) is 202 Å². The highest BCUT2D eigenvalue weighted by Crippen LogP contribution is 2.40. The lowest BCUT2D eigenvalue weighted by atomic mass is 9.85. The summed E-state index contributed by atoms with van der Waals surface area (Å²) in [6, 6.07) is 35.3. The van der Waals surface area contributed by atoms with E-state index in [-0.39, 0.29) is 55.8 Å². The molecule has 2 saturated heterocycles. The Bertz CT molecular complexity index is 3580. The second-order valence-corrected chi connectivity index (χ2v) is 25.0. The molecule has 4 amide bonds. The number of β-amino-alcohol motifs (C(OH)–C–C–N with tert-alkyl or cyclic N) is 1. The number of carbonyl (C=O) groups is 4. The second kappa shape index (κ2) is 27.5. The highest BCUT2D eigenvalue weighted by atomic mass is 32.1. The lowest BCUT2D eigenvalue weighted by molar-refractivity contribution is -0.144. The summed E-state index contributed by atoms with van der Waals surface area (Å²) in [4.78, 5) is 70.7. The molecule has 17 heteroatoms. The highest BCUT2D eigenvalue weighted by molar-refractivity contribution is 7.13. The van der Waals surface area contributed by atoms with Crippen LogP contribution in [-0.2, 0) is 32.3 Å². The van der Waals surface area contributed by atoms with Gasteiger partial charge in [-0.3, -0.25) is 29.5 Å². The first-order valence-electron chi connectivity index (χ1n) is 30.2. The molecule has 5 heterocycles. The van der Waals surface area contributed by atoms with Gasteiger partial charge in [0.2, 0.25) is 23.6 Å². The van der Waals surface area contributed by atoms with Gasteiger partial charge in [0.05, 0.1) is 45.7 Å². The number of aliphatic hydroxyl groups excluding tert-OH is 2. The van der Waals surface area contributed by atoms with Crippen molar-refractivity contribution in [3.05, 3.63) is 149 Å². The van der Waals surface area contributed by atoms with Crippen LogP contribution in [-0.4, -0.2) is 131 Å². The van der Waals surface area contributed by atoms with Crippen LogP contribution in [0.15, 0.2) is 121 Å². The molecule has 1 aliphatic carbocycles. The number of fused-ring (bicyclic) bond motifs is 1. The molecular formula is C68H80N10O6S.